The summed E-state index contributed by atoms with van der Waals surface area (Å²) in [6.07, 6.45) is -4.47. The maximum absolute atomic E-state index is 12.5. The van der Waals surface area contributed by atoms with E-state index < -0.39 is 11.7 Å². The standard InChI is InChI=1S/C9H6F3IN2/c10-9(11,12)7-1-6(4-15)8(13)2-5(7)3-14/h1-2H,3,14H2. The molecular formula is C9H6F3IN2. The minimum absolute atomic E-state index is 0.00546. The highest BCUT2D eigenvalue weighted by molar-refractivity contribution is 14.1. The molecule has 6 heteroatoms. The Bertz CT molecular complexity index is 421. The number of rotatable bonds is 1. The van der Waals surface area contributed by atoms with Crippen LogP contribution < -0.4 is 5.73 Å². The minimum atomic E-state index is -4.47. The summed E-state index contributed by atoms with van der Waals surface area (Å²) in [4.78, 5) is 0. The Morgan fingerprint density at radius 3 is 2.40 bits per heavy atom. The molecule has 0 atom stereocenters. The van der Waals surface area contributed by atoms with E-state index in [1.54, 1.807) is 6.07 Å². The summed E-state index contributed by atoms with van der Waals surface area (Å²) in [5.74, 6) is 0. The molecule has 0 amide bonds. The molecule has 0 aliphatic rings. The summed E-state index contributed by atoms with van der Waals surface area (Å²) in [6, 6.07) is 3.84. The first-order valence-electron chi connectivity index (χ1n) is 3.90. The van der Waals surface area contributed by atoms with E-state index in [9.17, 15) is 13.2 Å². The van der Waals surface area contributed by atoms with Crippen molar-refractivity contribution < 1.29 is 13.2 Å². The second-order valence-electron chi connectivity index (χ2n) is 2.80. The topological polar surface area (TPSA) is 49.8 Å². The van der Waals surface area contributed by atoms with E-state index in [1.807, 2.05) is 22.6 Å². The first kappa shape index (κ1) is 12.3. The van der Waals surface area contributed by atoms with Crippen LogP contribution in [0.1, 0.15) is 16.7 Å². The van der Waals surface area contributed by atoms with E-state index in [4.69, 9.17) is 11.0 Å². The molecule has 0 fully saturated rings. The third-order valence-corrected chi connectivity index (χ3v) is 2.73. The zero-order valence-corrected chi connectivity index (χ0v) is 9.56. The molecule has 0 unspecified atom stereocenters. The summed E-state index contributed by atoms with van der Waals surface area (Å²) in [5.41, 5.74) is 4.41. The highest BCUT2D eigenvalue weighted by Gasteiger charge is 2.33. The van der Waals surface area contributed by atoms with Gasteiger partial charge in [0.15, 0.2) is 0 Å². The van der Waals surface area contributed by atoms with Gasteiger partial charge >= 0.3 is 6.18 Å². The van der Waals surface area contributed by atoms with Gasteiger partial charge < -0.3 is 5.73 Å². The lowest BCUT2D eigenvalue weighted by molar-refractivity contribution is -0.138. The van der Waals surface area contributed by atoms with E-state index in [1.165, 1.54) is 6.07 Å². The van der Waals surface area contributed by atoms with Crippen LogP contribution in [0.3, 0.4) is 0 Å². The normalized spacial score (nSPS) is 11.2. The Balaban J connectivity index is 3.44. The van der Waals surface area contributed by atoms with Crippen molar-refractivity contribution >= 4 is 22.6 Å². The number of alkyl halides is 3. The van der Waals surface area contributed by atoms with E-state index in [0.717, 1.165) is 6.07 Å². The van der Waals surface area contributed by atoms with Gasteiger partial charge in [0, 0.05) is 10.1 Å². The minimum Gasteiger partial charge on any atom is -0.326 e. The molecule has 80 valence electrons. The molecule has 0 aliphatic heterocycles. The first-order valence-corrected chi connectivity index (χ1v) is 4.97. The van der Waals surface area contributed by atoms with Crippen molar-refractivity contribution in [3.8, 4) is 6.07 Å². The Morgan fingerprint density at radius 1 is 1.40 bits per heavy atom. The van der Waals surface area contributed by atoms with Gasteiger partial charge in [0.1, 0.15) is 6.07 Å². The summed E-state index contributed by atoms with van der Waals surface area (Å²) in [6.45, 7) is -0.198. The van der Waals surface area contributed by atoms with Crippen molar-refractivity contribution in [3.63, 3.8) is 0 Å². The lowest BCUT2D eigenvalue weighted by Gasteiger charge is -2.12. The SMILES string of the molecule is N#Cc1cc(C(F)(F)F)c(CN)cc1I. The second kappa shape index (κ2) is 4.37. The van der Waals surface area contributed by atoms with Crippen LogP contribution in [0.15, 0.2) is 12.1 Å². The van der Waals surface area contributed by atoms with Gasteiger partial charge in [-0.25, -0.2) is 0 Å². The Morgan fingerprint density at radius 2 is 2.00 bits per heavy atom. The summed E-state index contributed by atoms with van der Waals surface area (Å²) >= 11 is 1.81. The van der Waals surface area contributed by atoms with Crippen LogP contribution >= 0.6 is 22.6 Å². The van der Waals surface area contributed by atoms with Crippen LogP contribution in [0.5, 0.6) is 0 Å². The molecule has 1 aromatic rings. The smallest absolute Gasteiger partial charge is 0.326 e. The zero-order chi connectivity index (χ0) is 11.6. The quantitative estimate of drug-likeness (QED) is 0.807. The Hall–Kier alpha value is -0.810. The number of benzene rings is 1. The molecule has 2 N–H and O–H groups in total. The molecule has 0 saturated heterocycles. The number of nitriles is 1. The molecule has 0 saturated carbocycles. The third kappa shape index (κ3) is 2.60. The fourth-order valence-corrected chi connectivity index (χ4v) is 1.79. The molecular weight excluding hydrogens is 320 g/mol. The van der Waals surface area contributed by atoms with Crippen molar-refractivity contribution in [3.05, 3.63) is 32.4 Å². The zero-order valence-electron chi connectivity index (χ0n) is 7.40. The lowest BCUT2D eigenvalue weighted by Crippen LogP contribution is -2.13. The fraction of sp³-hybridized carbons (Fsp3) is 0.222. The van der Waals surface area contributed by atoms with Gasteiger partial charge in [-0.15, -0.1) is 0 Å². The van der Waals surface area contributed by atoms with Crippen LogP contribution in [0.4, 0.5) is 13.2 Å². The summed E-state index contributed by atoms with van der Waals surface area (Å²) < 4.78 is 38.0. The maximum atomic E-state index is 12.5. The van der Waals surface area contributed by atoms with Crippen molar-refractivity contribution in [1.29, 1.82) is 5.26 Å². The van der Waals surface area contributed by atoms with Gasteiger partial charge in [0.2, 0.25) is 0 Å². The second-order valence-corrected chi connectivity index (χ2v) is 3.97. The molecule has 0 radical (unpaired) electrons. The van der Waals surface area contributed by atoms with Crippen molar-refractivity contribution in [1.82, 2.24) is 0 Å². The van der Waals surface area contributed by atoms with Gasteiger partial charge in [0.25, 0.3) is 0 Å². The van der Waals surface area contributed by atoms with Crippen LogP contribution in [-0.2, 0) is 12.7 Å². The highest BCUT2D eigenvalue weighted by Crippen LogP contribution is 2.33. The predicted molar refractivity (Wildman–Crippen MR) is 56.8 cm³/mol. The maximum Gasteiger partial charge on any atom is 0.416 e. The monoisotopic (exact) mass is 326 g/mol. The third-order valence-electron chi connectivity index (χ3n) is 1.84. The van der Waals surface area contributed by atoms with Crippen molar-refractivity contribution in [2.75, 3.05) is 0 Å². The molecule has 1 rings (SSSR count). The van der Waals surface area contributed by atoms with Crippen molar-refractivity contribution in [2.24, 2.45) is 5.73 Å². The van der Waals surface area contributed by atoms with Gasteiger partial charge in [0.05, 0.1) is 11.1 Å². The number of hydrogen-bond donors (Lipinski definition) is 1. The summed E-state index contributed by atoms with van der Waals surface area (Å²) in [5, 5.41) is 8.62. The molecule has 0 aromatic heterocycles. The fourth-order valence-electron chi connectivity index (χ4n) is 1.13. The number of hydrogen-bond acceptors (Lipinski definition) is 2. The van der Waals surface area contributed by atoms with Gasteiger partial charge in [-0.1, -0.05) is 0 Å². The molecule has 15 heavy (non-hydrogen) atoms. The number of nitrogens with zero attached hydrogens (tertiary/aromatic N) is 1. The lowest BCUT2D eigenvalue weighted by atomic mass is 10.0. The van der Waals surface area contributed by atoms with E-state index in [0.29, 0.717) is 3.57 Å². The van der Waals surface area contributed by atoms with Crippen LogP contribution in [0.2, 0.25) is 0 Å². The largest absolute Gasteiger partial charge is 0.416 e. The molecule has 1 aromatic carbocycles. The Kier molecular flexibility index (Phi) is 3.57. The first-order chi connectivity index (χ1) is 6.90. The molecule has 0 spiro atoms. The number of nitrogens with two attached hydrogens (primary N) is 1. The molecule has 0 bridgehead atoms. The molecule has 2 nitrogen and oxygen atoms in total. The number of halogens is 4. The predicted octanol–water partition coefficient (Wildman–Crippen LogP) is 2.64. The average Bonchev–Trinajstić information content (AvgIpc) is 2.15. The Labute approximate surface area is 98.0 Å². The molecule has 0 heterocycles. The summed E-state index contributed by atoms with van der Waals surface area (Å²) in [7, 11) is 0. The van der Waals surface area contributed by atoms with E-state index in [2.05, 4.69) is 0 Å². The highest BCUT2D eigenvalue weighted by atomic mass is 127. The van der Waals surface area contributed by atoms with Gasteiger partial charge in [-0.2, -0.15) is 18.4 Å². The van der Waals surface area contributed by atoms with E-state index >= 15 is 0 Å². The van der Waals surface area contributed by atoms with Crippen LogP contribution in [0.25, 0.3) is 0 Å². The average molecular weight is 326 g/mol. The van der Waals surface area contributed by atoms with Crippen LogP contribution in [-0.4, -0.2) is 0 Å². The van der Waals surface area contributed by atoms with Gasteiger partial charge in [-0.05, 0) is 40.3 Å². The van der Waals surface area contributed by atoms with Crippen LogP contribution in [0, 0.1) is 14.9 Å². The molecule has 0 aliphatic carbocycles. The van der Waals surface area contributed by atoms with E-state index in [-0.39, 0.29) is 17.7 Å². The van der Waals surface area contributed by atoms with Gasteiger partial charge in [-0.3, -0.25) is 0 Å². The van der Waals surface area contributed by atoms with Crippen molar-refractivity contribution in [2.45, 2.75) is 12.7 Å².